The predicted molar refractivity (Wildman–Crippen MR) is 161 cm³/mol. The van der Waals surface area contributed by atoms with Gasteiger partial charge in [-0.15, -0.1) is 0 Å². The number of imidazole rings is 1. The van der Waals surface area contributed by atoms with Gasteiger partial charge in [0.2, 0.25) is 0 Å². The van der Waals surface area contributed by atoms with Crippen LogP contribution in [0.1, 0.15) is 50.1 Å². The van der Waals surface area contributed by atoms with Gasteiger partial charge in [-0.05, 0) is 36.6 Å². The second-order valence-electron chi connectivity index (χ2n) is 10.2. The molecule has 2 aromatic carbocycles. The quantitative estimate of drug-likeness (QED) is 0.175. The Balaban J connectivity index is 1.87. The van der Waals surface area contributed by atoms with Crippen molar-refractivity contribution in [2.75, 3.05) is 32.0 Å². The number of aryl methyl sites for hydroxylation is 2. The summed E-state index contributed by atoms with van der Waals surface area (Å²) >= 11 is 0. The van der Waals surface area contributed by atoms with Gasteiger partial charge >= 0.3 is 5.69 Å². The van der Waals surface area contributed by atoms with Gasteiger partial charge in [0, 0.05) is 44.8 Å². The van der Waals surface area contributed by atoms with Crippen LogP contribution in [-0.2, 0) is 32.5 Å². The largest absolute Gasteiger partial charge is 0.399 e. The lowest BCUT2D eigenvalue weighted by Crippen LogP contribution is -2.41. The van der Waals surface area contributed by atoms with Gasteiger partial charge in [0.1, 0.15) is 5.82 Å². The van der Waals surface area contributed by atoms with Gasteiger partial charge < -0.3 is 15.4 Å². The third-order valence-electron chi connectivity index (χ3n) is 7.55. The number of hydrogen-bond donors (Lipinski definition) is 2. The minimum absolute atomic E-state index is 0.0712. The highest BCUT2D eigenvalue weighted by Crippen LogP contribution is 2.18. The maximum atomic E-state index is 14.0. The van der Waals surface area contributed by atoms with Crippen LogP contribution in [0, 0.1) is 0 Å². The predicted octanol–water partition coefficient (Wildman–Crippen LogP) is 3.28. The van der Waals surface area contributed by atoms with E-state index in [1.54, 1.807) is 4.57 Å². The van der Waals surface area contributed by atoms with Crippen LogP contribution in [0.3, 0.4) is 0 Å². The number of hydrogen-bond acceptors (Lipinski definition) is 6. The molecule has 214 valence electrons. The first-order valence-electron chi connectivity index (χ1n) is 14.4. The summed E-state index contributed by atoms with van der Waals surface area (Å²) in [6, 6.07) is 17.7. The molecule has 0 fully saturated rings. The first-order chi connectivity index (χ1) is 19.5. The molecule has 4 aromatic rings. The molecule has 40 heavy (non-hydrogen) atoms. The maximum absolute atomic E-state index is 14.0. The zero-order chi connectivity index (χ0) is 28.5. The molecule has 4 rings (SSSR count). The Kier molecular flexibility index (Phi) is 10.3. The van der Waals surface area contributed by atoms with Crippen LogP contribution >= 0.6 is 0 Å². The number of aliphatic hydroxyl groups is 1. The van der Waals surface area contributed by atoms with Crippen LogP contribution in [0.15, 0.2) is 64.2 Å². The molecule has 0 aliphatic heterocycles. The highest BCUT2D eigenvalue weighted by Gasteiger charge is 2.22. The monoisotopic (exact) mass is 546 g/mol. The highest BCUT2D eigenvalue weighted by molar-refractivity contribution is 5.71. The fourth-order valence-electron chi connectivity index (χ4n) is 5.21. The van der Waals surface area contributed by atoms with E-state index in [0.717, 1.165) is 42.8 Å². The van der Waals surface area contributed by atoms with Gasteiger partial charge in [0.25, 0.3) is 5.56 Å². The minimum Gasteiger partial charge on any atom is -0.399 e. The number of benzene rings is 2. The molecule has 0 atom stereocenters. The Morgan fingerprint density at radius 1 is 0.875 bits per heavy atom. The molecular formula is C31H42N6O3. The fraction of sp³-hybridized carbons (Fsp3) is 0.452. The van der Waals surface area contributed by atoms with Crippen molar-refractivity contribution in [2.45, 2.75) is 65.6 Å². The SMILES string of the molecule is CCCCCn1c(=O)c2c(nc(Cc3ccccc3)n2CCN(CC)CCO)n(CCc2ccccc2N)c1=O. The van der Waals surface area contributed by atoms with E-state index < -0.39 is 0 Å². The van der Waals surface area contributed by atoms with E-state index in [9.17, 15) is 14.7 Å². The van der Waals surface area contributed by atoms with Gasteiger partial charge in [-0.3, -0.25) is 18.8 Å². The number of nitrogens with two attached hydrogens (primary N) is 1. The second kappa shape index (κ2) is 14.1. The number of nitrogen functional groups attached to an aromatic ring is 1. The van der Waals surface area contributed by atoms with Crippen molar-refractivity contribution in [1.82, 2.24) is 23.6 Å². The summed E-state index contributed by atoms with van der Waals surface area (Å²) in [6.45, 7) is 7.49. The van der Waals surface area contributed by atoms with E-state index in [1.807, 2.05) is 59.2 Å². The maximum Gasteiger partial charge on any atom is 0.332 e. The molecule has 2 aromatic heterocycles. The van der Waals surface area contributed by atoms with Crippen LogP contribution < -0.4 is 17.0 Å². The van der Waals surface area contributed by atoms with Crippen molar-refractivity contribution in [3.8, 4) is 0 Å². The highest BCUT2D eigenvalue weighted by atomic mass is 16.3. The van der Waals surface area contributed by atoms with Crippen molar-refractivity contribution in [3.05, 3.63) is 92.4 Å². The van der Waals surface area contributed by atoms with Crippen molar-refractivity contribution in [3.63, 3.8) is 0 Å². The van der Waals surface area contributed by atoms with Gasteiger partial charge in [-0.25, -0.2) is 9.78 Å². The van der Waals surface area contributed by atoms with Gasteiger partial charge in [0.05, 0.1) is 6.61 Å². The van der Waals surface area contributed by atoms with Gasteiger partial charge in [-0.2, -0.15) is 0 Å². The Hall–Kier alpha value is -3.69. The number of para-hydroxylation sites is 1. The van der Waals surface area contributed by atoms with Gasteiger partial charge in [-0.1, -0.05) is 75.2 Å². The van der Waals surface area contributed by atoms with Crippen molar-refractivity contribution in [2.24, 2.45) is 0 Å². The molecule has 0 aliphatic rings. The normalized spacial score (nSPS) is 11.6. The van der Waals surface area contributed by atoms with Crippen molar-refractivity contribution in [1.29, 1.82) is 0 Å². The number of rotatable bonds is 15. The summed E-state index contributed by atoms with van der Waals surface area (Å²) < 4.78 is 5.04. The second-order valence-corrected chi connectivity index (χ2v) is 10.2. The number of likely N-dealkylation sites (N-methyl/N-ethyl adjacent to an activating group) is 1. The molecule has 9 heteroatoms. The van der Waals surface area contributed by atoms with Crippen LogP contribution in [0.5, 0.6) is 0 Å². The molecular weight excluding hydrogens is 504 g/mol. The van der Waals surface area contributed by atoms with E-state index in [0.29, 0.717) is 62.4 Å². The molecule has 9 nitrogen and oxygen atoms in total. The van der Waals surface area contributed by atoms with E-state index in [4.69, 9.17) is 10.7 Å². The molecule has 0 spiro atoms. The lowest BCUT2D eigenvalue weighted by atomic mass is 10.1. The van der Waals surface area contributed by atoms with Crippen LogP contribution in [0.2, 0.25) is 0 Å². The smallest absolute Gasteiger partial charge is 0.332 e. The standard InChI is InChI=1S/C31H42N6O3/c1-3-5-11-17-37-30(39)28-29(36(31(37)40)18-16-25-14-9-10-15-26(25)32)33-27(23-24-12-7-6-8-13-24)35(28)20-19-34(4-2)21-22-38/h6-10,12-15,38H,3-5,11,16-23,32H2,1-2H3. The van der Waals surface area contributed by atoms with Crippen molar-refractivity contribution >= 4 is 16.9 Å². The topological polar surface area (TPSA) is 111 Å². The number of aliphatic hydroxyl groups excluding tert-OH is 1. The molecule has 0 unspecified atom stereocenters. The minimum atomic E-state index is -0.325. The average molecular weight is 547 g/mol. The lowest BCUT2D eigenvalue weighted by Gasteiger charge is -2.20. The number of anilines is 1. The van der Waals surface area contributed by atoms with E-state index in [1.165, 1.54) is 4.57 Å². The number of fused-ring (bicyclic) bond motifs is 1. The van der Waals surface area contributed by atoms with Crippen LogP contribution in [-0.4, -0.2) is 54.9 Å². The molecule has 2 heterocycles. The third-order valence-corrected chi connectivity index (χ3v) is 7.55. The molecule has 0 radical (unpaired) electrons. The fourth-order valence-corrected chi connectivity index (χ4v) is 5.21. The zero-order valence-electron chi connectivity index (χ0n) is 23.8. The van der Waals surface area contributed by atoms with E-state index in [-0.39, 0.29) is 17.9 Å². The summed E-state index contributed by atoms with van der Waals surface area (Å²) in [5.41, 5.74) is 9.20. The first-order valence-corrected chi connectivity index (χ1v) is 14.4. The number of aromatic nitrogens is 4. The third kappa shape index (κ3) is 6.71. The van der Waals surface area contributed by atoms with E-state index >= 15 is 0 Å². The Labute approximate surface area is 235 Å². The summed E-state index contributed by atoms with van der Waals surface area (Å²) in [4.78, 5) is 34.9. The number of nitrogens with zero attached hydrogens (tertiary/aromatic N) is 5. The molecule has 0 bridgehead atoms. The summed E-state index contributed by atoms with van der Waals surface area (Å²) in [6.07, 6.45) is 3.78. The van der Waals surface area contributed by atoms with Gasteiger partial charge in [0.15, 0.2) is 11.2 Å². The van der Waals surface area contributed by atoms with E-state index in [2.05, 4.69) is 18.7 Å². The Morgan fingerprint density at radius 2 is 1.62 bits per heavy atom. The summed E-state index contributed by atoms with van der Waals surface area (Å²) in [5, 5.41) is 9.51. The number of unbranched alkanes of at least 4 members (excludes halogenated alkanes) is 2. The molecule has 3 N–H and O–H groups in total. The zero-order valence-corrected chi connectivity index (χ0v) is 23.8. The Bertz CT molecular complexity index is 1510. The summed E-state index contributed by atoms with van der Waals surface area (Å²) in [7, 11) is 0. The Morgan fingerprint density at radius 3 is 2.33 bits per heavy atom. The summed E-state index contributed by atoms with van der Waals surface area (Å²) in [5.74, 6) is 0.747. The van der Waals surface area contributed by atoms with Crippen molar-refractivity contribution < 1.29 is 5.11 Å². The molecule has 0 saturated carbocycles. The lowest BCUT2D eigenvalue weighted by molar-refractivity contribution is 0.197. The first kappa shape index (κ1) is 29.3. The van der Waals surface area contributed by atoms with Crippen LogP contribution in [0.4, 0.5) is 5.69 Å². The molecule has 0 amide bonds. The average Bonchev–Trinajstić information content (AvgIpc) is 3.31. The van der Waals surface area contributed by atoms with Crippen LogP contribution in [0.25, 0.3) is 11.2 Å². The molecule has 0 aliphatic carbocycles. The molecule has 0 saturated heterocycles.